The first-order chi connectivity index (χ1) is 29.8. The van der Waals surface area contributed by atoms with Gasteiger partial charge in [-0.15, -0.1) is 0 Å². The molecule has 0 bridgehead atoms. The van der Waals surface area contributed by atoms with Crippen LogP contribution in [-0.4, -0.2) is 24.1 Å². The zero-order valence-electron chi connectivity index (χ0n) is 32.4. The number of benzene rings is 9. The SMILES string of the molecule is c1ccc(-c2nc(-c3ccc(-c4ccccc4)c(-n4c5ccccc5c5cccc(-n6c7ccccc7c7ccccc76)c54)c3)nc(-c3ccc4ccccc4c3)n2)cc1. The summed E-state index contributed by atoms with van der Waals surface area (Å²) in [4.78, 5) is 15.5. The van der Waals surface area contributed by atoms with Crippen molar-refractivity contribution in [3.8, 4) is 56.7 Å². The highest BCUT2D eigenvalue weighted by Gasteiger charge is 2.23. The maximum absolute atomic E-state index is 5.25. The molecule has 9 aromatic carbocycles. The number of para-hydroxylation sites is 4. The van der Waals surface area contributed by atoms with Crippen LogP contribution in [0.2, 0.25) is 0 Å². The first-order valence-corrected chi connectivity index (χ1v) is 20.3. The van der Waals surface area contributed by atoms with E-state index >= 15 is 0 Å². The summed E-state index contributed by atoms with van der Waals surface area (Å²) >= 11 is 0. The van der Waals surface area contributed by atoms with Gasteiger partial charge >= 0.3 is 0 Å². The van der Waals surface area contributed by atoms with Crippen LogP contribution in [0.4, 0.5) is 0 Å². The van der Waals surface area contributed by atoms with Gasteiger partial charge in [0.1, 0.15) is 0 Å². The molecule has 0 amide bonds. The Hall–Kier alpha value is -8.15. The highest BCUT2D eigenvalue weighted by atomic mass is 15.1. The minimum absolute atomic E-state index is 0.608. The van der Waals surface area contributed by atoms with E-state index in [1.54, 1.807) is 0 Å². The van der Waals surface area contributed by atoms with E-state index in [0.29, 0.717) is 17.5 Å². The van der Waals surface area contributed by atoms with Crippen LogP contribution in [0.5, 0.6) is 0 Å². The number of nitrogens with zero attached hydrogens (tertiary/aromatic N) is 5. The molecule has 60 heavy (non-hydrogen) atoms. The summed E-state index contributed by atoms with van der Waals surface area (Å²) in [5.74, 6) is 1.86. The summed E-state index contributed by atoms with van der Waals surface area (Å²) in [6, 6.07) is 75.2. The molecule has 280 valence electrons. The Balaban J connectivity index is 1.16. The van der Waals surface area contributed by atoms with Crippen LogP contribution in [0.1, 0.15) is 0 Å². The molecule has 5 nitrogen and oxygen atoms in total. The van der Waals surface area contributed by atoms with Gasteiger partial charge in [0.25, 0.3) is 0 Å². The predicted molar refractivity (Wildman–Crippen MR) is 248 cm³/mol. The molecule has 0 aliphatic rings. The number of aromatic nitrogens is 5. The first kappa shape index (κ1) is 33.9. The van der Waals surface area contributed by atoms with Gasteiger partial charge in [-0.3, -0.25) is 0 Å². The normalized spacial score (nSPS) is 11.7. The molecular weight excluding hydrogens is 731 g/mol. The van der Waals surface area contributed by atoms with Crippen molar-refractivity contribution in [3.63, 3.8) is 0 Å². The van der Waals surface area contributed by atoms with Gasteiger partial charge in [-0.1, -0.05) is 176 Å². The van der Waals surface area contributed by atoms with Gasteiger partial charge in [0.05, 0.1) is 33.4 Å². The number of hydrogen-bond acceptors (Lipinski definition) is 3. The maximum Gasteiger partial charge on any atom is 0.164 e. The Kier molecular flexibility index (Phi) is 7.78. The molecule has 0 unspecified atom stereocenters. The second kappa shape index (κ2) is 13.8. The van der Waals surface area contributed by atoms with Gasteiger partial charge in [0.15, 0.2) is 17.5 Å². The largest absolute Gasteiger partial charge is 0.307 e. The molecule has 12 rings (SSSR count). The van der Waals surface area contributed by atoms with Gasteiger partial charge in [0.2, 0.25) is 0 Å². The Bertz CT molecular complexity index is 3550. The Morgan fingerprint density at radius 3 is 1.43 bits per heavy atom. The molecule has 0 saturated heterocycles. The maximum atomic E-state index is 5.25. The summed E-state index contributed by atoms with van der Waals surface area (Å²) in [6.07, 6.45) is 0. The Labute approximate surface area is 346 Å². The quantitative estimate of drug-likeness (QED) is 0.169. The molecule has 0 aliphatic heterocycles. The molecule has 0 N–H and O–H groups in total. The third-order valence-corrected chi connectivity index (χ3v) is 11.8. The van der Waals surface area contributed by atoms with Crippen LogP contribution >= 0.6 is 0 Å². The average molecular weight is 766 g/mol. The van der Waals surface area contributed by atoms with Gasteiger partial charge < -0.3 is 9.13 Å². The zero-order valence-corrected chi connectivity index (χ0v) is 32.4. The van der Waals surface area contributed by atoms with E-state index in [1.165, 1.54) is 38.0 Å². The standard InChI is InChI=1S/C55H35N5/c1-3-17-37(18-4-1)42-33-32-41(55-57-53(38-19-5-2-6-20-38)56-54(58-55)40-31-30-36-16-7-8-21-39(36)34-40)35-51(42)60-49-28-14-11-24-45(49)46-25-15-29-50(52(46)60)59-47-26-12-9-22-43(47)44-23-10-13-27-48(44)59/h1-35H. The van der Waals surface area contributed by atoms with E-state index in [2.05, 4.69) is 203 Å². The van der Waals surface area contributed by atoms with Crippen LogP contribution in [0.3, 0.4) is 0 Å². The lowest BCUT2D eigenvalue weighted by Gasteiger charge is -2.18. The lowest BCUT2D eigenvalue weighted by molar-refractivity contribution is 1.07. The first-order valence-electron chi connectivity index (χ1n) is 20.3. The van der Waals surface area contributed by atoms with Crippen molar-refractivity contribution in [2.24, 2.45) is 0 Å². The van der Waals surface area contributed by atoms with Crippen LogP contribution in [-0.2, 0) is 0 Å². The van der Waals surface area contributed by atoms with Crippen LogP contribution in [0.25, 0.3) is 111 Å². The monoisotopic (exact) mass is 765 g/mol. The summed E-state index contributed by atoms with van der Waals surface area (Å²) in [5.41, 5.74) is 11.7. The van der Waals surface area contributed by atoms with Gasteiger partial charge in [-0.05, 0) is 52.7 Å². The number of rotatable bonds is 6. The molecule has 5 heteroatoms. The van der Waals surface area contributed by atoms with E-state index in [-0.39, 0.29) is 0 Å². The summed E-state index contributed by atoms with van der Waals surface area (Å²) in [7, 11) is 0. The van der Waals surface area contributed by atoms with Gasteiger partial charge in [0, 0.05) is 43.8 Å². The molecule has 0 spiro atoms. The Morgan fingerprint density at radius 1 is 0.283 bits per heavy atom. The summed E-state index contributed by atoms with van der Waals surface area (Å²) < 4.78 is 4.89. The van der Waals surface area contributed by atoms with Crippen molar-refractivity contribution < 1.29 is 0 Å². The summed E-state index contributed by atoms with van der Waals surface area (Å²) in [5, 5.41) is 7.13. The van der Waals surface area contributed by atoms with Crippen LogP contribution < -0.4 is 0 Å². The molecule has 3 heterocycles. The Morgan fingerprint density at radius 2 is 0.767 bits per heavy atom. The lowest BCUT2D eigenvalue weighted by Crippen LogP contribution is -2.04. The van der Waals surface area contributed by atoms with E-state index in [0.717, 1.165) is 55.6 Å². The fourth-order valence-corrected chi connectivity index (χ4v) is 9.01. The lowest BCUT2D eigenvalue weighted by atomic mass is 10.0. The predicted octanol–water partition coefficient (Wildman–Crippen LogP) is 13.9. The second-order valence-corrected chi connectivity index (χ2v) is 15.2. The molecule has 0 fully saturated rings. The zero-order chi connectivity index (χ0) is 39.6. The molecule has 12 aromatic rings. The van der Waals surface area contributed by atoms with Gasteiger partial charge in [-0.2, -0.15) is 0 Å². The minimum atomic E-state index is 0.608. The number of fused-ring (bicyclic) bond motifs is 7. The van der Waals surface area contributed by atoms with Gasteiger partial charge in [-0.25, -0.2) is 15.0 Å². The van der Waals surface area contributed by atoms with E-state index in [4.69, 9.17) is 15.0 Å². The van der Waals surface area contributed by atoms with E-state index in [9.17, 15) is 0 Å². The van der Waals surface area contributed by atoms with Crippen LogP contribution in [0.15, 0.2) is 212 Å². The van der Waals surface area contributed by atoms with Crippen molar-refractivity contribution in [1.29, 1.82) is 0 Å². The molecule has 0 aliphatic carbocycles. The fraction of sp³-hybridized carbons (Fsp3) is 0. The fourth-order valence-electron chi connectivity index (χ4n) is 9.01. The molecule has 0 saturated carbocycles. The topological polar surface area (TPSA) is 48.5 Å². The number of hydrogen-bond donors (Lipinski definition) is 0. The molecular formula is C55H35N5. The van der Waals surface area contributed by atoms with Crippen molar-refractivity contribution in [1.82, 2.24) is 24.1 Å². The van der Waals surface area contributed by atoms with E-state index in [1.807, 2.05) is 18.2 Å². The molecule has 0 atom stereocenters. The highest BCUT2D eigenvalue weighted by Crippen LogP contribution is 2.42. The average Bonchev–Trinajstić information content (AvgIpc) is 3.85. The third-order valence-electron chi connectivity index (χ3n) is 11.8. The van der Waals surface area contributed by atoms with Crippen molar-refractivity contribution in [3.05, 3.63) is 212 Å². The smallest absolute Gasteiger partial charge is 0.164 e. The minimum Gasteiger partial charge on any atom is -0.307 e. The van der Waals surface area contributed by atoms with Crippen molar-refractivity contribution in [2.75, 3.05) is 0 Å². The second-order valence-electron chi connectivity index (χ2n) is 15.2. The van der Waals surface area contributed by atoms with E-state index < -0.39 is 0 Å². The van der Waals surface area contributed by atoms with Crippen molar-refractivity contribution in [2.45, 2.75) is 0 Å². The van der Waals surface area contributed by atoms with Crippen LogP contribution in [0, 0.1) is 0 Å². The molecule has 3 aromatic heterocycles. The highest BCUT2D eigenvalue weighted by molar-refractivity contribution is 6.15. The third kappa shape index (κ3) is 5.44. The molecule has 0 radical (unpaired) electrons. The summed E-state index contributed by atoms with van der Waals surface area (Å²) in [6.45, 7) is 0. The van der Waals surface area contributed by atoms with Crippen molar-refractivity contribution >= 4 is 54.4 Å².